The minimum Gasteiger partial charge on any atom is -0.396 e. The van der Waals surface area contributed by atoms with Crippen LogP contribution in [0.15, 0.2) is 5.38 Å². The third-order valence-electron chi connectivity index (χ3n) is 3.72. The molecule has 0 atom stereocenters. The van der Waals surface area contributed by atoms with Crippen LogP contribution in [0.25, 0.3) is 0 Å². The smallest absolute Gasteiger partial charge is 0.276 e. The molecule has 17 heavy (non-hydrogen) atoms. The van der Waals surface area contributed by atoms with Crippen LogP contribution >= 0.6 is 11.5 Å². The first kappa shape index (κ1) is 11.0. The molecule has 1 amide bonds. The average molecular weight is 252 g/mol. The predicted octanol–water partition coefficient (Wildman–Crippen LogP) is 0.646. The van der Waals surface area contributed by atoms with E-state index in [-0.39, 0.29) is 5.91 Å². The lowest BCUT2D eigenvalue weighted by atomic mass is 10.0. The maximum atomic E-state index is 12.4. The fourth-order valence-electron chi connectivity index (χ4n) is 2.70. The maximum absolute atomic E-state index is 12.4. The monoisotopic (exact) mass is 252 g/mol. The molecule has 4 heterocycles. The zero-order valence-electron chi connectivity index (χ0n) is 9.63. The third-order valence-corrected chi connectivity index (χ3v) is 4.36. The molecule has 0 spiro atoms. The normalized spacial score (nSPS) is 28.1. The van der Waals surface area contributed by atoms with Gasteiger partial charge < -0.3 is 15.5 Å². The van der Waals surface area contributed by atoms with Gasteiger partial charge in [0, 0.05) is 37.6 Å². The van der Waals surface area contributed by atoms with Crippen molar-refractivity contribution >= 4 is 23.1 Å². The second kappa shape index (κ2) is 4.27. The van der Waals surface area contributed by atoms with Gasteiger partial charge >= 0.3 is 0 Å². The van der Waals surface area contributed by atoms with Crippen LogP contribution in [0.5, 0.6) is 0 Å². The van der Waals surface area contributed by atoms with Gasteiger partial charge in [-0.05, 0) is 24.4 Å². The highest BCUT2D eigenvalue weighted by Crippen LogP contribution is 2.24. The summed E-state index contributed by atoms with van der Waals surface area (Å²) in [4.78, 5) is 16.8. The molecule has 0 unspecified atom stereocenters. The van der Waals surface area contributed by atoms with Crippen LogP contribution < -0.4 is 5.73 Å². The Balaban J connectivity index is 1.84. The minimum atomic E-state index is 0.0116. The Hall–Kier alpha value is -1.14. The number of piperidine rings is 1. The number of anilines is 1. The highest BCUT2D eigenvalue weighted by Gasteiger charge is 2.33. The number of carbonyl (C=O) groups is 1. The molecule has 3 saturated heterocycles. The van der Waals surface area contributed by atoms with Crippen LogP contribution in [0.3, 0.4) is 0 Å². The molecule has 1 aromatic heterocycles. The van der Waals surface area contributed by atoms with E-state index in [4.69, 9.17) is 5.73 Å². The van der Waals surface area contributed by atoms with E-state index in [0.29, 0.717) is 17.4 Å². The highest BCUT2D eigenvalue weighted by molar-refractivity contribution is 7.04. The fraction of sp³-hybridized carbons (Fsp3) is 0.636. The van der Waals surface area contributed by atoms with Crippen molar-refractivity contribution in [2.75, 3.05) is 31.9 Å². The first-order valence-electron chi connectivity index (χ1n) is 5.99. The molecule has 0 saturated carbocycles. The zero-order valence-corrected chi connectivity index (χ0v) is 10.4. The number of fused-ring (bicyclic) bond motifs is 4. The van der Waals surface area contributed by atoms with Crippen LogP contribution in [0, 0.1) is 0 Å². The molecule has 2 N–H and O–H groups in total. The summed E-state index contributed by atoms with van der Waals surface area (Å²) in [5.74, 6) is 0.0116. The third kappa shape index (κ3) is 1.91. The SMILES string of the molecule is Nc1csnc1C(=O)N1CCN2CCC1CC2. The van der Waals surface area contributed by atoms with Gasteiger partial charge in [-0.1, -0.05) is 0 Å². The molecule has 1 aromatic rings. The number of rotatable bonds is 1. The van der Waals surface area contributed by atoms with Gasteiger partial charge in [0.25, 0.3) is 5.91 Å². The van der Waals surface area contributed by atoms with Gasteiger partial charge in [0.15, 0.2) is 5.69 Å². The summed E-state index contributed by atoms with van der Waals surface area (Å²) >= 11 is 1.25. The summed E-state index contributed by atoms with van der Waals surface area (Å²) < 4.78 is 4.12. The lowest BCUT2D eigenvalue weighted by molar-refractivity contribution is 0.0681. The van der Waals surface area contributed by atoms with Gasteiger partial charge in [0.1, 0.15) is 0 Å². The van der Waals surface area contributed by atoms with Gasteiger partial charge in [0.2, 0.25) is 0 Å². The molecule has 0 aromatic carbocycles. The summed E-state index contributed by atoms with van der Waals surface area (Å²) in [6.45, 7) is 4.01. The molecular weight excluding hydrogens is 236 g/mol. The number of nitrogen functional groups attached to an aromatic ring is 1. The van der Waals surface area contributed by atoms with Crippen molar-refractivity contribution in [1.29, 1.82) is 0 Å². The molecule has 3 fully saturated rings. The van der Waals surface area contributed by atoms with E-state index in [2.05, 4.69) is 9.27 Å². The van der Waals surface area contributed by atoms with Crippen molar-refractivity contribution in [2.45, 2.75) is 18.9 Å². The molecule has 3 aliphatic rings. The van der Waals surface area contributed by atoms with Gasteiger partial charge in [0.05, 0.1) is 5.69 Å². The van der Waals surface area contributed by atoms with Crippen molar-refractivity contribution in [3.05, 3.63) is 11.1 Å². The molecule has 6 heteroatoms. The van der Waals surface area contributed by atoms with E-state index in [9.17, 15) is 4.79 Å². The van der Waals surface area contributed by atoms with Crippen molar-refractivity contribution in [3.63, 3.8) is 0 Å². The molecule has 0 aliphatic carbocycles. The Morgan fingerprint density at radius 3 is 2.76 bits per heavy atom. The van der Waals surface area contributed by atoms with E-state index in [1.54, 1.807) is 5.38 Å². The van der Waals surface area contributed by atoms with E-state index in [1.165, 1.54) is 11.5 Å². The maximum Gasteiger partial charge on any atom is 0.276 e. The Labute approximate surface area is 104 Å². The summed E-state index contributed by atoms with van der Waals surface area (Å²) in [6.07, 6.45) is 2.16. The van der Waals surface area contributed by atoms with Crippen LogP contribution in [0.1, 0.15) is 23.3 Å². The first-order valence-corrected chi connectivity index (χ1v) is 6.82. The van der Waals surface area contributed by atoms with Crippen LogP contribution in [0.2, 0.25) is 0 Å². The number of hydrogen-bond donors (Lipinski definition) is 1. The zero-order chi connectivity index (χ0) is 11.8. The molecule has 5 nitrogen and oxygen atoms in total. The molecular formula is C11H16N4OS. The second-order valence-electron chi connectivity index (χ2n) is 4.69. The topological polar surface area (TPSA) is 62.5 Å². The summed E-state index contributed by atoms with van der Waals surface area (Å²) in [6, 6.07) is 0.377. The first-order chi connectivity index (χ1) is 8.25. The number of amides is 1. The average Bonchev–Trinajstić information content (AvgIpc) is 2.58. The number of carbonyl (C=O) groups excluding carboxylic acids is 1. The number of aromatic nitrogens is 1. The summed E-state index contributed by atoms with van der Waals surface area (Å²) in [5.41, 5.74) is 6.73. The molecule has 2 bridgehead atoms. The summed E-state index contributed by atoms with van der Waals surface area (Å²) in [7, 11) is 0. The largest absolute Gasteiger partial charge is 0.396 e. The van der Waals surface area contributed by atoms with Crippen LogP contribution in [-0.2, 0) is 0 Å². The van der Waals surface area contributed by atoms with Crippen molar-refractivity contribution < 1.29 is 4.79 Å². The van der Waals surface area contributed by atoms with E-state index in [0.717, 1.165) is 39.0 Å². The molecule has 3 aliphatic heterocycles. The standard InChI is InChI=1S/C11H16N4OS/c12-9-7-17-13-10(9)11(16)15-6-5-14-3-1-8(15)2-4-14/h7-8H,1-6,12H2. The Morgan fingerprint density at radius 1 is 1.35 bits per heavy atom. The second-order valence-corrected chi connectivity index (χ2v) is 5.32. The Morgan fingerprint density at radius 2 is 2.12 bits per heavy atom. The van der Waals surface area contributed by atoms with Gasteiger partial charge in [-0.3, -0.25) is 4.79 Å². The van der Waals surface area contributed by atoms with Gasteiger partial charge in [-0.25, -0.2) is 0 Å². The Bertz CT molecular complexity index is 425. The van der Waals surface area contributed by atoms with Crippen molar-refractivity contribution in [2.24, 2.45) is 0 Å². The minimum absolute atomic E-state index is 0.0116. The van der Waals surface area contributed by atoms with Gasteiger partial charge in [-0.15, -0.1) is 0 Å². The quantitative estimate of drug-likeness (QED) is 0.797. The predicted molar refractivity (Wildman–Crippen MR) is 67.0 cm³/mol. The summed E-state index contributed by atoms with van der Waals surface area (Å²) in [5, 5.41) is 1.73. The van der Waals surface area contributed by atoms with Crippen LogP contribution in [0.4, 0.5) is 5.69 Å². The lowest BCUT2D eigenvalue weighted by Crippen LogP contribution is -2.41. The van der Waals surface area contributed by atoms with Crippen molar-refractivity contribution in [3.8, 4) is 0 Å². The number of nitrogens with two attached hydrogens (primary N) is 1. The van der Waals surface area contributed by atoms with Crippen molar-refractivity contribution in [1.82, 2.24) is 14.2 Å². The molecule has 0 radical (unpaired) electrons. The van der Waals surface area contributed by atoms with Crippen LogP contribution in [-0.4, -0.2) is 52.3 Å². The van der Waals surface area contributed by atoms with Gasteiger partial charge in [-0.2, -0.15) is 4.37 Å². The highest BCUT2D eigenvalue weighted by atomic mass is 32.1. The van der Waals surface area contributed by atoms with E-state index < -0.39 is 0 Å². The fourth-order valence-corrected chi connectivity index (χ4v) is 3.26. The molecule has 4 rings (SSSR count). The number of nitrogens with zero attached hydrogens (tertiary/aromatic N) is 3. The van der Waals surface area contributed by atoms with E-state index >= 15 is 0 Å². The lowest BCUT2D eigenvalue weighted by Gasteiger charge is -2.31. The molecule has 92 valence electrons. The van der Waals surface area contributed by atoms with E-state index in [1.807, 2.05) is 4.90 Å². The Kier molecular flexibility index (Phi) is 2.76. The number of hydrogen-bond acceptors (Lipinski definition) is 5.